The maximum absolute atomic E-state index is 11.0. The van der Waals surface area contributed by atoms with Crippen LogP contribution in [0.15, 0.2) is 12.2 Å². The first-order valence-electron chi connectivity index (χ1n) is 11.6. The highest BCUT2D eigenvalue weighted by Gasteiger charge is 2.49. The Morgan fingerprint density at radius 1 is 1.10 bits per heavy atom. The summed E-state index contributed by atoms with van der Waals surface area (Å²) in [6.45, 7) is 13.0. The Bertz CT molecular complexity index is 563. The minimum atomic E-state index is -0.575. The van der Waals surface area contributed by atoms with E-state index in [2.05, 4.69) is 34.3 Å². The number of hydrogen-bond donors (Lipinski definition) is 1. The van der Waals surface area contributed by atoms with E-state index >= 15 is 0 Å². The molecule has 3 rings (SSSR count). The lowest BCUT2D eigenvalue weighted by atomic mass is 9.78. The Labute approximate surface area is 176 Å². The molecule has 10 atom stereocenters. The van der Waals surface area contributed by atoms with Crippen LogP contribution in [-0.2, 0) is 19.0 Å². The van der Waals surface area contributed by atoms with Crippen LogP contribution in [0.3, 0.4) is 0 Å². The Morgan fingerprint density at radius 3 is 2.55 bits per heavy atom. The molecule has 0 aliphatic carbocycles. The Kier molecular flexibility index (Phi) is 7.94. The normalized spacial score (nSPS) is 45.6. The SMILES string of the molecule is C=C1C(C)C[C@H](CCC=O)O[C@@H]1C[C@@H]1O[C@H]2C[C@@H](C)[C@@H](CCC)O[C@H]2C(C)[C@H]1O. The number of aliphatic hydroxyl groups excluding tert-OH is 1. The van der Waals surface area contributed by atoms with Crippen molar-refractivity contribution in [3.8, 4) is 0 Å². The predicted octanol–water partition coefficient (Wildman–Crippen LogP) is 4.06. The summed E-state index contributed by atoms with van der Waals surface area (Å²) in [7, 11) is 0. The van der Waals surface area contributed by atoms with Gasteiger partial charge in [0, 0.05) is 18.8 Å². The summed E-state index contributed by atoms with van der Waals surface area (Å²) in [6.07, 6.45) is 6.24. The van der Waals surface area contributed by atoms with Crippen LogP contribution in [0.25, 0.3) is 0 Å². The van der Waals surface area contributed by atoms with Gasteiger partial charge in [-0.3, -0.25) is 0 Å². The van der Waals surface area contributed by atoms with Crippen molar-refractivity contribution in [1.29, 1.82) is 0 Å². The van der Waals surface area contributed by atoms with Gasteiger partial charge in [0.1, 0.15) is 6.29 Å². The smallest absolute Gasteiger partial charge is 0.120 e. The van der Waals surface area contributed by atoms with Gasteiger partial charge >= 0.3 is 0 Å². The van der Waals surface area contributed by atoms with Crippen LogP contribution in [0, 0.1) is 17.8 Å². The molecule has 2 unspecified atom stereocenters. The number of ether oxygens (including phenoxy) is 3. The molecule has 29 heavy (non-hydrogen) atoms. The monoisotopic (exact) mass is 408 g/mol. The van der Waals surface area contributed by atoms with E-state index in [4.69, 9.17) is 14.2 Å². The molecule has 1 N–H and O–H groups in total. The third kappa shape index (κ3) is 5.12. The Morgan fingerprint density at radius 2 is 1.86 bits per heavy atom. The number of carbonyl (C=O) groups excluding carboxylic acids is 1. The van der Waals surface area contributed by atoms with Crippen LogP contribution in [0.4, 0.5) is 0 Å². The molecule has 0 saturated carbocycles. The van der Waals surface area contributed by atoms with E-state index in [1.807, 2.05) is 0 Å². The van der Waals surface area contributed by atoms with E-state index in [-0.39, 0.29) is 42.5 Å². The second-order valence-corrected chi connectivity index (χ2v) is 9.64. The Hall–Kier alpha value is -0.750. The van der Waals surface area contributed by atoms with Crippen molar-refractivity contribution < 1.29 is 24.1 Å². The average molecular weight is 409 g/mol. The van der Waals surface area contributed by atoms with E-state index in [0.717, 1.165) is 44.0 Å². The molecule has 0 aromatic heterocycles. The van der Waals surface area contributed by atoms with E-state index in [0.29, 0.717) is 24.7 Å². The first kappa shape index (κ1) is 22.9. The standard InChI is InChI=1S/C24H40O5/c1-6-8-19-15(3)12-22-24(29-19)17(5)23(26)21(28-22)13-20-16(4)14(2)11-18(27-20)9-7-10-25/h10,14-15,17-24,26H,4,6-9,11-13H2,1-3,5H3/t14?,15-,17?,18+,19-,20-,21+,22+,23-,24+/m1/s1. The molecule has 0 aromatic carbocycles. The number of aliphatic hydroxyl groups is 1. The van der Waals surface area contributed by atoms with Crippen LogP contribution in [0.5, 0.6) is 0 Å². The quantitative estimate of drug-likeness (QED) is 0.508. The fourth-order valence-corrected chi connectivity index (χ4v) is 5.44. The highest BCUT2D eigenvalue weighted by Crippen LogP contribution is 2.41. The fraction of sp³-hybridized carbons (Fsp3) is 0.875. The molecule has 0 bridgehead atoms. The summed E-state index contributed by atoms with van der Waals surface area (Å²) in [4.78, 5) is 10.8. The molecule has 3 saturated heterocycles. The average Bonchev–Trinajstić information content (AvgIpc) is 2.69. The lowest BCUT2D eigenvalue weighted by Crippen LogP contribution is -2.59. The molecule has 5 heteroatoms. The number of rotatable bonds is 7. The van der Waals surface area contributed by atoms with E-state index in [1.54, 1.807) is 0 Å². The molecule has 3 aliphatic heterocycles. The lowest BCUT2D eigenvalue weighted by molar-refractivity contribution is -0.259. The molecule has 3 heterocycles. The zero-order chi connectivity index (χ0) is 21.1. The van der Waals surface area contributed by atoms with Crippen molar-refractivity contribution in [2.75, 3.05) is 0 Å². The van der Waals surface area contributed by atoms with Crippen molar-refractivity contribution in [3.05, 3.63) is 12.2 Å². The first-order valence-corrected chi connectivity index (χ1v) is 11.6. The molecule has 166 valence electrons. The maximum Gasteiger partial charge on any atom is 0.120 e. The number of aldehydes is 1. The van der Waals surface area contributed by atoms with Crippen LogP contribution >= 0.6 is 0 Å². The van der Waals surface area contributed by atoms with Gasteiger partial charge in [-0.05, 0) is 43.1 Å². The zero-order valence-electron chi connectivity index (χ0n) is 18.6. The van der Waals surface area contributed by atoms with E-state index in [1.165, 1.54) is 0 Å². The van der Waals surface area contributed by atoms with Gasteiger partial charge in [-0.25, -0.2) is 0 Å². The van der Waals surface area contributed by atoms with Gasteiger partial charge in [0.2, 0.25) is 0 Å². The van der Waals surface area contributed by atoms with Crippen molar-refractivity contribution in [1.82, 2.24) is 0 Å². The molecule has 0 aromatic rings. The van der Waals surface area contributed by atoms with Gasteiger partial charge in [-0.2, -0.15) is 0 Å². The van der Waals surface area contributed by atoms with Gasteiger partial charge in [0.15, 0.2) is 0 Å². The largest absolute Gasteiger partial charge is 0.390 e. The van der Waals surface area contributed by atoms with Gasteiger partial charge in [-0.15, -0.1) is 0 Å². The van der Waals surface area contributed by atoms with E-state index in [9.17, 15) is 9.90 Å². The highest BCUT2D eigenvalue weighted by molar-refractivity contribution is 5.49. The lowest BCUT2D eigenvalue weighted by Gasteiger charge is -2.50. The summed E-state index contributed by atoms with van der Waals surface area (Å²) < 4.78 is 19.1. The second kappa shape index (κ2) is 10.0. The van der Waals surface area contributed by atoms with Gasteiger partial charge < -0.3 is 24.1 Å². The molecular weight excluding hydrogens is 368 g/mol. The summed E-state index contributed by atoms with van der Waals surface area (Å²) in [5, 5.41) is 11.0. The summed E-state index contributed by atoms with van der Waals surface area (Å²) in [5.74, 6) is 0.850. The molecule has 3 aliphatic rings. The van der Waals surface area contributed by atoms with Gasteiger partial charge in [-0.1, -0.05) is 40.7 Å². The number of carbonyl (C=O) groups is 1. The second-order valence-electron chi connectivity index (χ2n) is 9.64. The topological polar surface area (TPSA) is 65.0 Å². The van der Waals surface area contributed by atoms with Gasteiger partial charge in [0.25, 0.3) is 0 Å². The Balaban J connectivity index is 1.65. The minimum Gasteiger partial charge on any atom is -0.390 e. The highest BCUT2D eigenvalue weighted by atomic mass is 16.6. The van der Waals surface area contributed by atoms with Crippen molar-refractivity contribution in [3.63, 3.8) is 0 Å². The van der Waals surface area contributed by atoms with Crippen LogP contribution < -0.4 is 0 Å². The molecular formula is C24H40O5. The molecule has 3 fully saturated rings. The summed E-state index contributed by atoms with van der Waals surface area (Å²) in [6, 6.07) is 0. The number of hydrogen-bond acceptors (Lipinski definition) is 5. The third-order valence-electron chi connectivity index (χ3n) is 7.37. The van der Waals surface area contributed by atoms with Crippen LogP contribution in [0.2, 0.25) is 0 Å². The third-order valence-corrected chi connectivity index (χ3v) is 7.37. The maximum atomic E-state index is 11.0. The summed E-state index contributed by atoms with van der Waals surface area (Å²) >= 11 is 0. The molecule has 0 amide bonds. The minimum absolute atomic E-state index is 0.0293. The van der Waals surface area contributed by atoms with E-state index < -0.39 is 6.10 Å². The van der Waals surface area contributed by atoms with Crippen molar-refractivity contribution in [2.24, 2.45) is 17.8 Å². The fourth-order valence-electron chi connectivity index (χ4n) is 5.44. The summed E-state index contributed by atoms with van der Waals surface area (Å²) in [5.41, 5.74) is 1.08. The molecule has 0 radical (unpaired) electrons. The zero-order valence-corrected chi connectivity index (χ0v) is 18.6. The number of fused-ring (bicyclic) bond motifs is 1. The first-order chi connectivity index (χ1) is 13.8. The molecule has 5 nitrogen and oxygen atoms in total. The van der Waals surface area contributed by atoms with Crippen LogP contribution in [-0.4, -0.2) is 54.1 Å². The molecule has 0 spiro atoms. The van der Waals surface area contributed by atoms with Crippen molar-refractivity contribution in [2.45, 2.75) is 115 Å². The van der Waals surface area contributed by atoms with Gasteiger partial charge in [0.05, 0.1) is 42.7 Å². The van der Waals surface area contributed by atoms with Crippen LogP contribution in [0.1, 0.15) is 72.6 Å². The van der Waals surface area contributed by atoms with Crippen molar-refractivity contribution >= 4 is 6.29 Å². The predicted molar refractivity (Wildman–Crippen MR) is 113 cm³/mol.